The van der Waals surface area contributed by atoms with Gasteiger partial charge in [-0.2, -0.15) is 17.6 Å². The Morgan fingerprint density at radius 3 is 2.12 bits per heavy atom. The van der Waals surface area contributed by atoms with Crippen LogP contribution in [0.25, 0.3) is 16.9 Å². The fourth-order valence-electron chi connectivity index (χ4n) is 2.82. The van der Waals surface area contributed by atoms with Gasteiger partial charge in [-0.05, 0) is 36.2 Å². The zero-order valence-corrected chi connectivity index (χ0v) is 14.3. The number of rotatable bonds is 3. The second-order valence-corrected chi connectivity index (χ2v) is 6.37. The van der Waals surface area contributed by atoms with Gasteiger partial charge in [0.2, 0.25) is 0 Å². The van der Waals surface area contributed by atoms with E-state index in [9.17, 15) is 17.6 Å². The van der Waals surface area contributed by atoms with Gasteiger partial charge in [-0.1, -0.05) is 40.7 Å². The van der Waals surface area contributed by atoms with Crippen LogP contribution in [0.3, 0.4) is 0 Å². The number of hydrogen-bond donors (Lipinski definition) is 0. The van der Waals surface area contributed by atoms with E-state index in [1.54, 1.807) is 19.1 Å². The molecule has 1 aliphatic rings. The molecule has 0 radical (unpaired) electrons. The maximum atomic E-state index is 14.6. The Labute approximate surface area is 145 Å². The van der Waals surface area contributed by atoms with Crippen molar-refractivity contribution in [3.05, 3.63) is 64.1 Å². The number of alkyl halides is 4. The van der Waals surface area contributed by atoms with Gasteiger partial charge in [0.15, 0.2) is 0 Å². The molecular formula is C18H13BrF4O. The van der Waals surface area contributed by atoms with E-state index in [4.69, 9.17) is 4.74 Å². The molecule has 0 fully saturated rings. The summed E-state index contributed by atoms with van der Waals surface area (Å²) in [5.74, 6) is -8.48. The molecule has 0 unspecified atom stereocenters. The Hall–Kier alpha value is -1.82. The molecule has 0 aliphatic heterocycles. The van der Waals surface area contributed by atoms with Crippen LogP contribution in [-0.4, -0.2) is 6.61 Å². The minimum atomic E-state index is -4.33. The van der Waals surface area contributed by atoms with Gasteiger partial charge in [-0.15, -0.1) is 0 Å². The molecular weight excluding hydrogens is 388 g/mol. The maximum Gasteiger partial charge on any atom is 0.340 e. The van der Waals surface area contributed by atoms with Crippen LogP contribution in [-0.2, 0) is 16.6 Å². The summed E-state index contributed by atoms with van der Waals surface area (Å²) in [6.07, 6.45) is 0. The van der Waals surface area contributed by atoms with E-state index in [-0.39, 0.29) is 22.4 Å². The third kappa shape index (κ3) is 2.35. The van der Waals surface area contributed by atoms with Crippen LogP contribution in [0, 0.1) is 0 Å². The summed E-state index contributed by atoms with van der Waals surface area (Å²) in [4.78, 5) is 0. The molecule has 0 N–H and O–H groups in total. The van der Waals surface area contributed by atoms with E-state index in [0.717, 1.165) is 12.1 Å². The van der Waals surface area contributed by atoms with Crippen LogP contribution in [0.1, 0.15) is 23.6 Å². The summed E-state index contributed by atoms with van der Waals surface area (Å²) in [6.45, 7) is 5.67. The summed E-state index contributed by atoms with van der Waals surface area (Å²) >= 11 is 3.06. The number of ether oxygens (including phenoxy) is 1. The largest absolute Gasteiger partial charge is 0.494 e. The Balaban J connectivity index is 2.27. The Morgan fingerprint density at radius 2 is 1.54 bits per heavy atom. The van der Waals surface area contributed by atoms with E-state index in [1.165, 1.54) is 12.1 Å². The molecule has 24 heavy (non-hydrogen) atoms. The first-order chi connectivity index (χ1) is 11.2. The van der Waals surface area contributed by atoms with E-state index in [1.807, 2.05) is 0 Å². The lowest BCUT2D eigenvalue weighted by Gasteiger charge is -2.35. The molecule has 0 spiro atoms. The number of fused-ring (bicyclic) bond motifs is 3. The first-order valence-corrected chi connectivity index (χ1v) is 8.02. The molecule has 1 nitrogen and oxygen atoms in total. The van der Waals surface area contributed by atoms with Crippen molar-refractivity contribution in [2.75, 3.05) is 6.61 Å². The summed E-state index contributed by atoms with van der Waals surface area (Å²) in [5, 5.41) is 0. The van der Waals surface area contributed by atoms with E-state index >= 15 is 0 Å². The lowest BCUT2D eigenvalue weighted by atomic mass is 9.80. The van der Waals surface area contributed by atoms with E-state index in [0.29, 0.717) is 11.1 Å². The minimum absolute atomic E-state index is 0.0847. The molecule has 6 heteroatoms. The van der Waals surface area contributed by atoms with E-state index in [2.05, 4.69) is 22.5 Å². The highest BCUT2D eigenvalue weighted by atomic mass is 79.9. The Bertz CT molecular complexity index is 830. The molecule has 126 valence electrons. The third-order valence-electron chi connectivity index (χ3n) is 4.00. The van der Waals surface area contributed by atoms with Gasteiger partial charge in [-0.25, -0.2) is 0 Å². The molecule has 1 aliphatic carbocycles. The molecule has 0 saturated heterocycles. The summed E-state index contributed by atoms with van der Waals surface area (Å²) < 4.78 is 63.6. The average molecular weight is 401 g/mol. The second-order valence-electron chi connectivity index (χ2n) is 5.46. The Kier molecular flexibility index (Phi) is 3.98. The lowest BCUT2D eigenvalue weighted by molar-refractivity contribution is -0.225. The van der Waals surface area contributed by atoms with Crippen molar-refractivity contribution in [1.82, 2.24) is 0 Å². The normalized spacial score (nSPS) is 16.9. The maximum absolute atomic E-state index is 14.6. The lowest BCUT2D eigenvalue weighted by Crippen LogP contribution is -2.39. The van der Waals surface area contributed by atoms with Gasteiger partial charge in [0, 0.05) is 21.2 Å². The third-order valence-corrected chi connectivity index (χ3v) is 4.50. The topological polar surface area (TPSA) is 9.23 Å². The highest BCUT2D eigenvalue weighted by molar-refractivity contribution is 9.10. The van der Waals surface area contributed by atoms with Gasteiger partial charge in [0.25, 0.3) is 0 Å². The van der Waals surface area contributed by atoms with Gasteiger partial charge in [0.1, 0.15) is 5.76 Å². The molecule has 0 aromatic heterocycles. The van der Waals surface area contributed by atoms with Gasteiger partial charge in [-0.3, -0.25) is 0 Å². The molecule has 0 heterocycles. The predicted octanol–water partition coefficient (Wildman–Crippen LogP) is 6.32. The van der Waals surface area contributed by atoms with Crippen molar-refractivity contribution in [3.8, 4) is 11.1 Å². The van der Waals surface area contributed by atoms with Crippen LogP contribution in [0.15, 0.2) is 47.4 Å². The van der Waals surface area contributed by atoms with Crippen LogP contribution < -0.4 is 0 Å². The summed E-state index contributed by atoms with van der Waals surface area (Å²) in [6, 6.07) is 7.99. The number of halogens is 5. The van der Waals surface area contributed by atoms with Gasteiger partial charge >= 0.3 is 11.8 Å². The van der Waals surface area contributed by atoms with Crippen molar-refractivity contribution in [2.24, 2.45) is 0 Å². The first kappa shape index (κ1) is 17.0. The minimum Gasteiger partial charge on any atom is -0.494 e. The smallest absolute Gasteiger partial charge is 0.340 e. The SMILES string of the molecule is C=C(OCC)c1ccc2c(c1)C(F)(F)C(F)(F)c1cc(Br)ccc1-2. The average Bonchev–Trinajstić information content (AvgIpc) is 2.53. The van der Waals surface area contributed by atoms with Crippen LogP contribution in [0.2, 0.25) is 0 Å². The van der Waals surface area contributed by atoms with Crippen molar-refractivity contribution in [2.45, 2.75) is 18.8 Å². The zero-order valence-electron chi connectivity index (χ0n) is 12.7. The van der Waals surface area contributed by atoms with Crippen LogP contribution in [0.4, 0.5) is 17.6 Å². The molecule has 0 bridgehead atoms. The highest BCUT2D eigenvalue weighted by Gasteiger charge is 2.62. The van der Waals surface area contributed by atoms with Gasteiger partial charge in [0.05, 0.1) is 6.61 Å². The first-order valence-electron chi connectivity index (χ1n) is 7.22. The molecule has 2 aromatic carbocycles. The van der Waals surface area contributed by atoms with Crippen molar-refractivity contribution < 1.29 is 22.3 Å². The fraction of sp³-hybridized carbons (Fsp3) is 0.222. The zero-order chi connectivity index (χ0) is 17.7. The molecule has 2 aromatic rings. The van der Waals surface area contributed by atoms with Crippen molar-refractivity contribution in [3.63, 3.8) is 0 Å². The van der Waals surface area contributed by atoms with Gasteiger partial charge < -0.3 is 4.74 Å². The standard InChI is InChI=1S/C18H13BrF4O/c1-3-24-10(2)11-4-6-13-14-7-5-12(19)9-16(14)18(22,23)17(20,21)15(13)8-11/h4-9H,2-3H2,1H3. The predicted molar refractivity (Wildman–Crippen MR) is 88.0 cm³/mol. The highest BCUT2D eigenvalue weighted by Crippen LogP contribution is 2.58. The number of hydrogen-bond acceptors (Lipinski definition) is 1. The molecule has 0 atom stereocenters. The Morgan fingerprint density at radius 1 is 1.00 bits per heavy atom. The molecule has 0 saturated carbocycles. The van der Waals surface area contributed by atoms with Crippen molar-refractivity contribution >= 4 is 21.7 Å². The number of benzene rings is 2. The van der Waals surface area contributed by atoms with Crippen molar-refractivity contribution in [1.29, 1.82) is 0 Å². The summed E-state index contributed by atoms with van der Waals surface area (Å²) in [5.41, 5.74) is -0.975. The molecule has 0 amide bonds. The van der Waals surface area contributed by atoms with Crippen LogP contribution in [0.5, 0.6) is 0 Å². The van der Waals surface area contributed by atoms with Crippen LogP contribution >= 0.6 is 15.9 Å². The second kappa shape index (κ2) is 5.62. The fourth-order valence-corrected chi connectivity index (χ4v) is 3.18. The quantitative estimate of drug-likeness (QED) is 0.432. The van der Waals surface area contributed by atoms with E-state index < -0.39 is 23.0 Å². The summed E-state index contributed by atoms with van der Waals surface area (Å²) in [7, 11) is 0. The molecule has 3 rings (SSSR count). The monoisotopic (exact) mass is 400 g/mol.